The van der Waals surface area contributed by atoms with E-state index in [2.05, 4.69) is 103 Å². The summed E-state index contributed by atoms with van der Waals surface area (Å²) in [6.07, 6.45) is 1.93. The first-order valence-electron chi connectivity index (χ1n) is 12.4. The molecule has 0 radical (unpaired) electrons. The van der Waals surface area contributed by atoms with Crippen LogP contribution >= 0.6 is 0 Å². The normalized spacial score (nSPS) is 14.1. The van der Waals surface area contributed by atoms with Gasteiger partial charge in [0, 0.05) is 27.8 Å². The SMILES string of the molecule is CC1(C)c2cc3c4ccccc4n(-c4ncc5ccccc5n4)c3cc2-c2c1ccc1ccccc21. The van der Waals surface area contributed by atoms with E-state index in [4.69, 9.17) is 9.97 Å². The summed E-state index contributed by atoms with van der Waals surface area (Å²) in [5, 5.41) is 6.10. The fourth-order valence-electron chi connectivity index (χ4n) is 6.25. The van der Waals surface area contributed by atoms with Crippen molar-refractivity contribution in [2.75, 3.05) is 0 Å². The molecule has 36 heavy (non-hydrogen) atoms. The predicted octanol–water partition coefficient (Wildman–Crippen LogP) is 8.19. The van der Waals surface area contributed by atoms with Crippen LogP contribution in [0.5, 0.6) is 0 Å². The van der Waals surface area contributed by atoms with E-state index >= 15 is 0 Å². The maximum atomic E-state index is 4.99. The summed E-state index contributed by atoms with van der Waals surface area (Å²) in [4.78, 5) is 9.80. The van der Waals surface area contributed by atoms with Crippen LogP contribution in [0.3, 0.4) is 0 Å². The van der Waals surface area contributed by atoms with Crippen LogP contribution in [-0.4, -0.2) is 14.5 Å². The van der Waals surface area contributed by atoms with Crippen molar-refractivity contribution in [3.63, 3.8) is 0 Å². The fourth-order valence-corrected chi connectivity index (χ4v) is 6.25. The van der Waals surface area contributed by atoms with Crippen molar-refractivity contribution in [2.24, 2.45) is 0 Å². The summed E-state index contributed by atoms with van der Waals surface area (Å²) in [5.41, 5.74) is 8.57. The van der Waals surface area contributed by atoms with Crippen LogP contribution in [0.15, 0.2) is 103 Å². The van der Waals surface area contributed by atoms with Crippen LogP contribution in [0.25, 0.3) is 60.6 Å². The average molecular weight is 462 g/mol. The topological polar surface area (TPSA) is 30.7 Å². The lowest BCUT2D eigenvalue weighted by atomic mass is 9.81. The molecule has 0 fully saturated rings. The lowest BCUT2D eigenvalue weighted by Gasteiger charge is -2.21. The van der Waals surface area contributed by atoms with Gasteiger partial charge in [-0.2, -0.15) is 0 Å². The molecule has 3 nitrogen and oxygen atoms in total. The quantitative estimate of drug-likeness (QED) is 0.247. The maximum Gasteiger partial charge on any atom is 0.235 e. The van der Waals surface area contributed by atoms with E-state index in [1.54, 1.807) is 0 Å². The number of hydrogen-bond donors (Lipinski definition) is 0. The van der Waals surface area contributed by atoms with E-state index < -0.39 is 0 Å². The Labute approximate surface area is 208 Å². The Morgan fingerprint density at radius 1 is 0.639 bits per heavy atom. The summed E-state index contributed by atoms with van der Waals surface area (Å²) in [6.45, 7) is 4.70. The standard InChI is InChI=1S/C33H23N3/c1-33(2)26-16-15-20-9-3-5-11-22(20)31(26)25-18-30-24(17-27(25)33)23-12-6-8-14-29(23)36(30)32-34-19-21-10-4-7-13-28(21)35-32/h3-19H,1-2H3. The lowest BCUT2D eigenvalue weighted by Crippen LogP contribution is -2.14. The van der Waals surface area contributed by atoms with Crippen LogP contribution < -0.4 is 0 Å². The second-order valence-electron chi connectivity index (χ2n) is 10.3. The van der Waals surface area contributed by atoms with Gasteiger partial charge in [0.2, 0.25) is 5.95 Å². The van der Waals surface area contributed by atoms with Gasteiger partial charge in [0.25, 0.3) is 0 Å². The average Bonchev–Trinajstić information content (AvgIpc) is 3.36. The molecule has 0 saturated heterocycles. The zero-order valence-corrected chi connectivity index (χ0v) is 20.2. The Morgan fingerprint density at radius 3 is 2.28 bits per heavy atom. The molecule has 8 rings (SSSR count). The number of rotatable bonds is 1. The van der Waals surface area contributed by atoms with Crippen LogP contribution in [0, 0.1) is 0 Å². The number of nitrogens with zero attached hydrogens (tertiary/aromatic N) is 3. The Kier molecular flexibility index (Phi) is 3.73. The molecule has 2 aromatic heterocycles. The first kappa shape index (κ1) is 19.8. The van der Waals surface area contributed by atoms with Crippen molar-refractivity contribution in [3.8, 4) is 17.1 Å². The Balaban J connectivity index is 1.52. The van der Waals surface area contributed by atoms with Gasteiger partial charge in [-0.3, -0.25) is 4.57 Å². The largest absolute Gasteiger partial charge is 0.278 e. The minimum Gasteiger partial charge on any atom is -0.278 e. The van der Waals surface area contributed by atoms with Crippen molar-refractivity contribution < 1.29 is 0 Å². The highest BCUT2D eigenvalue weighted by atomic mass is 15.2. The van der Waals surface area contributed by atoms with Crippen molar-refractivity contribution in [1.29, 1.82) is 0 Å². The van der Waals surface area contributed by atoms with E-state index in [0.717, 1.165) is 21.9 Å². The van der Waals surface area contributed by atoms with E-state index in [1.165, 1.54) is 43.8 Å². The van der Waals surface area contributed by atoms with Crippen molar-refractivity contribution in [3.05, 3.63) is 114 Å². The highest BCUT2D eigenvalue weighted by Gasteiger charge is 2.37. The molecule has 170 valence electrons. The monoisotopic (exact) mass is 461 g/mol. The molecule has 0 atom stereocenters. The molecule has 1 aliphatic carbocycles. The smallest absolute Gasteiger partial charge is 0.235 e. The predicted molar refractivity (Wildman–Crippen MR) is 149 cm³/mol. The zero-order chi connectivity index (χ0) is 24.0. The fraction of sp³-hybridized carbons (Fsp3) is 0.0909. The van der Waals surface area contributed by atoms with E-state index in [0.29, 0.717) is 5.95 Å². The third kappa shape index (κ3) is 2.47. The molecule has 0 spiro atoms. The summed E-state index contributed by atoms with van der Waals surface area (Å²) >= 11 is 0. The van der Waals surface area contributed by atoms with Crippen molar-refractivity contribution in [1.82, 2.24) is 14.5 Å². The van der Waals surface area contributed by atoms with Gasteiger partial charge >= 0.3 is 0 Å². The summed E-state index contributed by atoms with van der Waals surface area (Å²) in [7, 11) is 0. The lowest BCUT2D eigenvalue weighted by molar-refractivity contribution is 0.661. The third-order valence-electron chi connectivity index (χ3n) is 8.03. The number of para-hydroxylation sites is 2. The minimum absolute atomic E-state index is 0.0778. The van der Waals surface area contributed by atoms with Crippen LogP contribution in [0.2, 0.25) is 0 Å². The minimum atomic E-state index is -0.0778. The highest BCUT2D eigenvalue weighted by Crippen LogP contribution is 2.53. The van der Waals surface area contributed by atoms with Crippen molar-refractivity contribution >= 4 is 43.5 Å². The summed E-state index contributed by atoms with van der Waals surface area (Å²) in [6, 6.07) is 34.9. The zero-order valence-electron chi connectivity index (χ0n) is 20.2. The summed E-state index contributed by atoms with van der Waals surface area (Å²) < 4.78 is 2.23. The molecule has 5 aromatic carbocycles. The van der Waals surface area contributed by atoms with E-state index in [1.807, 2.05) is 18.3 Å². The molecule has 0 saturated carbocycles. The molecule has 0 N–H and O–H groups in total. The molecule has 7 aromatic rings. The molecule has 3 heteroatoms. The van der Waals surface area contributed by atoms with Crippen LogP contribution in [0.1, 0.15) is 25.0 Å². The Bertz CT molecular complexity index is 2030. The number of hydrogen-bond acceptors (Lipinski definition) is 2. The van der Waals surface area contributed by atoms with Gasteiger partial charge in [-0.05, 0) is 57.3 Å². The van der Waals surface area contributed by atoms with Crippen LogP contribution in [0.4, 0.5) is 0 Å². The Hall–Kier alpha value is -4.50. The maximum absolute atomic E-state index is 4.99. The van der Waals surface area contributed by atoms with E-state index in [9.17, 15) is 0 Å². The van der Waals surface area contributed by atoms with Gasteiger partial charge in [0.15, 0.2) is 0 Å². The molecule has 0 aliphatic heterocycles. The first-order chi connectivity index (χ1) is 17.6. The van der Waals surface area contributed by atoms with Gasteiger partial charge in [-0.15, -0.1) is 0 Å². The van der Waals surface area contributed by atoms with Gasteiger partial charge in [-0.25, -0.2) is 9.97 Å². The molecular weight excluding hydrogens is 438 g/mol. The van der Waals surface area contributed by atoms with Crippen LogP contribution in [-0.2, 0) is 5.41 Å². The first-order valence-corrected chi connectivity index (χ1v) is 12.4. The molecule has 0 unspecified atom stereocenters. The number of aromatic nitrogens is 3. The second-order valence-corrected chi connectivity index (χ2v) is 10.3. The molecule has 0 bridgehead atoms. The van der Waals surface area contributed by atoms with Crippen molar-refractivity contribution in [2.45, 2.75) is 19.3 Å². The molecule has 2 heterocycles. The second kappa shape index (κ2) is 6.79. The van der Waals surface area contributed by atoms with Gasteiger partial charge in [0.05, 0.1) is 16.6 Å². The number of fused-ring (bicyclic) bond motifs is 9. The summed E-state index contributed by atoms with van der Waals surface area (Å²) in [5.74, 6) is 0.704. The van der Waals surface area contributed by atoms with Gasteiger partial charge in [0.1, 0.15) is 0 Å². The molecule has 0 amide bonds. The third-order valence-corrected chi connectivity index (χ3v) is 8.03. The highest BCUT2D eigenvalue weighted by molar-refractivity contribution is 6.13. The van der Waals surface area contributed by atoms with Gasteiger partial charge < -0.3 is 0 Å². The van der Waals surface area contributed by atoms with E-state index in [-0.39, 0.29) is 5.41 Å². The molecule has 1 aliphatic rings. The molecular formula is C33H23N3. The Morgan fingerprint density at radius 2 is 1.39 bits per heavy atom. The van der Waals surface area contributed by atoms with Gasteiger partial charge in [-0.1, -0.05) is 86.6 Å². The number of benzene rings is 5.